The normalized spacial score (nSPS) is 19.9. The molecule has 31 heavy (non-hydrogen) atoms. The van der Waals surface area contributed by atoms with E-state index in [1.54, 1.807) is 17.4 Å². The lowest BCUT2D eigenvalue weighted by Crippen LogP contribution is -2.49. The molecule has 160 valence electrons. The highest BCUT2D eigenvalue weighted by Crippen LogP contribution is 2.42. The van der Waals surface area contributed by atoms with Gasteiger partial charge in [-0.15, -0.1) is 11.3 Å². The van der Waals surface area contributed by atoms with Crippen molar-refractivity contribution in [3.8, 4) is 10.4 Å². The number of amides is 1. The monoisotopic (exact) mass is 436 g/mol. The van der Waals surface area contributed by atoms with Crippen molar-refractivity contribution < 1.29 is 14.7 Å². The molecule has 0 aliphatic carbocycles. The number of hydrogen-bond donors (Lipinski definition) is 1. The predicted octanol–water partition coefficient (Wildman–Crippen LogP) is 3.93. The number of carboxylic acid groups (broad SMARTS) is 1. The first-order valence-corrected chi connectivity index (χ1v) is 11.5. The zero-order valence-electron chi connectivity index (χ0n) is 17.1. The number of benzene rings is 1. The summed E-state index contributed by atoms with van der Waals surface area (Å²) in [5.41, 5.74) is 2.15. The fraction of sp³-hybridized carbons (Fsp3) is 0.375. The van der Waals surface area contributed by atoms with E-state index in [0.29, 0.717) is 26.1 Å². The zero-order chi connectivity index (χ0) is 21.5. The number of aromatic nitrogens is 1. The molecule has 0 spiro atoms. The molecule has 0 saturated carbocycles. The van der Waals surface area contributed by atoms with E-state index in [-0.39, 0.29) is 36.1 Å². The molecule has 5 rings (SSSR count). The molecule has 7 heteroatoms. The summed E-state index contributed by atoms with van der Waals surface area (Å²) in [6.07, 6.45) is 1.61. The summed E-state index contributed by atoms with van der Waals surface area (Å²) < 4.78 is 3.14. The minimum atomic E-state index is -0.871. The number of nitrogens with zero attached hydrogens (tertiary/aromatic N) is 2. The fourth-order valence-electron chi connectivity index (χ4n) is 5.09. The molecule has 1 fully saturated rings. The number of rotatable bonds is 5. The average molecular weight is 437 g/mol. The van der Waals surface area contributed by atoms with Gasteiger partial charge in [-0.3, -0.25) is 14.4 Å². The molecular formula is C24H24N2O4S. The second kappa shape index (κ2) is 7.96. The van der Waals surface area contributed by atoms with E-state index >= 15 is 0 Å². The van der Waals surface area contributed by atoms with Gasteiger partial charge < -0.3 is 14.6 Å². The molecule has 2 atom stereocenters. The molecule has 2 aliphatic rings. The van der Waals surface area contributed by atoms with E-state index in [1.165, 1.54) is 10.1 Å². The van der Waals surface area contributed by atoms with E-state index < -0.39 is 5.97 Å². The summed E-state index contributed by atoms with van der Waals surface area (Å²) in [6, 6.07) is 14.1. The Morgan fingerprint density at radius 3 is 2.71 bits per heavy atom. The Labute approximate surface area is 183 Å². The molecule has 2 aliphatic heterocycles. The van der Waals surface area contributed by atoms with Crippen LogP contribution in [0.15, 0.2) is 47.3 Å². The van der Waals surface area contributed by atoms with Gasteiger partial charge in [0.15, 0.2) is 0 Å². The first-order chi connectivity index (χ1) is 15.0. The Morgan fingerprint density at radius 1 is 1.06 bits per heavy atom. The number of aliphatic carboxylic acids is 1. The molecule has 2 unspecified atom stereocenters. The Balaban J connectivity index is 1.47. The number of fused-ring (bicyclic) bond motifs is 5. The lowest BCUT2D eigenvalue weighted by Gasteiger charge is -2.43. The third-order valence-corrected chi connectivity index (χ3v) is 7.56. The molecule has 0 radical (unpaired) electrons. The summed E-state index contributed by atoms with van der Waals surface area (Å²) in [5.74, 6) is -0.481. The number of piperidine rings is 1. The first kappa shape index (κ1) is 20.0. The molecule has 3 aromatic rings. The van der Waals surface area contributed by atoms with Gasteiger partial charge in [-0.2, -0.15) is 0 Å². The van der Waals surface area contributed by atoms with Gasteiger partial charge in [-0.1, -0.05) is 18.2 Å². The van der Waals surface area contributed by atoms with Crippen molar-refractivity contribution in [3.05, 3.63) is 58.5 Å². The molecule has 2 aromatic heterocycles. The maximum absolute atomic E-state index is 12.7. The maximum Gasteiger partial charge on any atom is 0.303 e. The van der Waals surface area contributed by atoms with Gasteiger partial charge in [0.2, 0.25) is 5.91 Å². The minimum Gasteiger partial charge on any atom is -0.481 e. The van der Waals surface area contributed by atoms with Crippen LogP contribution >= 0.6 is 11.3 Å². The number of thiophene rings is 1. The van der Waals surface area contributed by atoms with Crippen LogP contribution in [-0.4, -0.2) is 39.5 Å². The molecule has 1 N–H and O–H groups in total. The molecule has 2 bridgehead atoms. The second-order valence-electron chi connectivity index (χ2n) is 8.57. The van der Waals surface area contributed by atoms with Gasteiger partial charge in [0.1, 0.15) is 0 Å². The molecule has 6 nitrogen and oxygen atoms in total. The van der Waals surface area contributed by atoms with Gasteiger partial charge in [0, 0.05) is 65.3 Å². The Bertz CT molecular complexity index is 1190. The molecule has 1 saturated heterocycles. The van der Waals surface area contributed by atoms with Gasteiger partial charge in [-0.25, -0.2) is 0 Å². The summed E-state index contributed by atoms with van der Waals surface area (Å²) >= 11 is 1.73. The zero-order valence-corrected chi connectivity index (χ0v) is 17.9. The number of pyridine rings is 1. The molecule has 4 heterocycles. The van der Waals surface area contributed by atoms with Crippen LogP contribution in [0, 0.1) is 5.92 Å². The fourth-order valence-corrected chi connectivity index (χ4v) is 6.19. The Morgan fingerprint density at radius 2 is 1.90 bits per heavy atom. The van der Waals surface area contributed by atoms with Crippen LogP contribution in [0.2, 0.25) is 0 Å². The van der Waals surface area contributed by atoms with Crippen molar-refractivity contribution >= 4 is 33.3 Å². The van der Waals surface area contributed by atoms with E-state index in [4.69, 9.17) is 5.11 Å². The summed E-state index contributed by atoms with van der Waals surface area (Å²) in [7, 11) is 0. The standard InChI is InChI=1S/C24H24N2O4S/c27-21(6-3-7-23(29)30)25-12-15-10-17(14-25)24-18(8-9-22(28)26(24)13-15)20-11-16-4-1-2-5-19(16)31-20/h1-2,4-5,8-9,11,15,17H,3,6-7,10,12-14H2,(H,29,30). The highest BCUT2D eigenvalue weighted by atomic mass is 32.1. The Hall–Kier alpha value is -2.93. The minimum absolute atomic E-state index is 0.0146. The summed E-state index contributed by atoms with van der Waals surface area (Å²) in [4.78, 5) is 39.2. The lowest BCUT2D eigenvalue weighted by atomic mass is 9.81. The molecule has 1 amide bonds. The smallest absolute Gasteiger partial charge is 0.303 e. The summed E-state index contributed by atoms with van der Waals surface area (Å²) in [5, 5.41) is 10.0. The van der Waals surface area contributed by atoms with Gasteiger partial charge in [0.05, 0.1) is 0 Å². The number of likely N-dealkylation sites (tertiary alicyclic amines) is 1. The summed E-state index contributed by atoms with van der Waals surface area (Å²) in [6.45, 7) is 1.85. The third-order valence-electron chi connectivity index (χ3n) is 6.42. The van der Waals surface area contributed by atoms with Crippen LogP contribution in [0.1, 0.15) is 37.3 Å². The van der Waals surface area contributed by atoms with Crippen molar-refractivity contribution in [1.29, 1.82) is 0 Å². The van der Waals surface area contributed by atoms with Crippen molar-refractivity contribution in [3.63, 3.8) is 0 Å². The van der Waals surface area contributed by atoms with Gasteiger partial charge in [-0.05, 0) is 42.3 Å². The number of carbonyl (C=O) groups is 2. The third kappa shape index (κ3) is 3.78. The van der Waals surface area contributed by atoms with Gasteiger partial charge in [0.25, 0.3) is 5.56 Å². The number of carbonyl (C=O) groups excluding carboxylic acids is 1. The van der Waals surface area contributed by atoms with E-state index in [1.807, 2.05) is 27.7 Å². The van der Waals surface area contributed by atoms with Crippen molar-refractivity contribution in [2.75, 3.05) is 13.1 Å². The SMILES string of the molecule is O=C(O)CCCC(=O)N1CC2CC(C1)c1c(-c3cc4ccccc4s3)ccc(=O)n1C2. The van der Waals surface area contributed by atoms with Crippen molar-refractivity contribution in [1.82, 2.24) is 9.47 Å². The lowest BCUT2D eigenvalue weighted by molar-refractivity contribution is -0.137. The largest absolute Gasteiger partial charge is 0.481 e. The Kier molecular flexibility index (Phi) is 5.14. The van der Waals surface area contributed by atoms with Gasteiger partial charge >= 0.3 is 5.97 Å². The first-order valence-electron chi connectivity index (χ1n) is 10.7. The second-order valence-corrected chi connectivity index (χ2v) is 9.66. The molecule has 1 aromatic carbocycles. The van der Waals surface area contributed by atoms with E-state index in [2.05, 4.69) is 18.2 Å². The number of hydrogen-bond acceptors (Lipinski definition) is 4. The quantitative estimate of drug-likeness (QED) is 0.657. The van der Waals surface area contributed by atoms with Crippen LogP contribution in [0.25, 0.3) is 20.5 Å². The predicted molar refractivity (Wildman–Crippen MR) is 120 cm³/mol. The van der Waals surface area contributed by atoms with Crippen LogP contribution in [0.5, 0.6) is 0 Å². The van der Waals surface area contributed by atoms with Crippen molar-refractivity contribution in [2.24, 2.45) is 5.92 Å². The van der Waals surface area contributed by atoms with Crippen LogP contribution < -0.4 is 5.56 Å². The molecular weight excluding hydrogens is 412 g/mol. The van der Waals surface area contributed by atoms with E-state index in [0.717, 1.165) is 22.6 Å². The number of carboxylic acids is 1. The highest BCUT2D eigenvalue weighted by molar-refractivity contribution is 7.22. The van der Waals surface area contributed by atoms with Crippen molar-refractivity contribution in [2.45, 2.75) is 38.1 Å². The average Bonchev–Trinajstić information content (AvgIpc) is 3.18. The highest BCUT2D eigenvalue weighted by Gasteiger charge is 2.37. The maximum atomic E-state index is 12.7. The topological polar surface area (TPSA) is 79.6 Å². The van der Waals surface area contributed by atoms with Crippen LogP contribution in [0.3, 0.4) is 0 Å². The van der Waals surface area contributed by atoms with E-state index in [9.17, 15) is 14.4 Å². The van der Waals surface area contributed by atoms with Crippen LogP contribution in [-0.2, 0) is 16.1 Å². The van der Waals surface area contributed by atoms with Crippen LogP contribution in [0.4, 0.5) is 0 Å².